The molecule has 0 unspecified atom stereocenters. The summed E-state index contributed by atoms with van der Waals surface area (Å²) in [6.07, 6.45) is 2.03. The van der Waals surface area contributed by atoms with Gasteiger partial charge in [-0.15, -0.1) is 0 Å². The summed E-state index contributed by atoms with van der Waals surface area (Å²) in [6.45, 7) is 0.787. The topological polar surface area (TPSA) is 64.4 Å². The quantitative estimate of drug-likeness (QED) is 0.756. The van der Waals surface area contributed by atoms with Gasteiger partial charge in [0.15, 0.2) is 0 Å². The van der Waals surface area contributed by atoms with Crippen LogP contribution in [0.2, 0.25) is 0 Å². The molecule has 0 radical (unpaired) electrons. The van der Waals surface area contributed by atoms with Crippen molar-refractivity contribution in [2.24, 2.45) is 5.73 Å². The van der Waals surface area contributed by atoms with Gasteiger partial charge < -0.3 is 15.8 Å². The highest BCUT2D eigenvalue weighted by Crippen LogP contribution is 2.27. The van der Waals surface area contributed by atoms with E-state index in [1.165, 1.54) is 0 Å². The second-order valence-electron chi connectivity index (χ2n) is 3.53. The number of ether oxygens (including phenoxy) is 1. The highest BCUT2D eigenvalue weighted by Gasteiger charge is 2.10. The molecular formula is C11H14N2O2. The fourth-order valence-electron chi connectivity index (χ4n) is 1.65. The summed E-state index contributed by atoms with van der Waals surface area (Å²) in [5, 5.41) is 2.72. The van der Waals surface area contributed by atoms with Crippen molar-refractivity contribution in [3.8, 4) is 5.75 Å². The standard InChI is InChI=1S/C11H14N2O2/c12-7-11(14)13-9-3-4-10-8(6-9)2-1-5-15-10/h3-4,6H,1-2,5,7,12H2,(H,13,14). The molecular weight excluding hydrogens is 192 g/mol. The lowest BCUT2D eigenvalue weighted by molar-refractivity contribution is -0.114. The van der Waals surface area contributed by atoms with Crippen LogP contribution in [0.15, 0.2) is 18.2 Å². The van der Waals surface area contributed by atoms with E-state index in [2.05, 4.69) is 5.32 Å². The van der Waals surface area contributed by atoms with Crippen molar-refractivity contribution in [1.29, 1.82) is 0 Å². The smallest absolute Gasteiger partial charge is 0.238 e. The van der Waals surface area contributed by atoms with Gasteiger partial charge in [0.1, 0.15) is 5.75 Å². The third-order valence-electron chi connectivity index (χ3n) is 2.38. The van der Waals surface area contributed by atoms with Gasteiger partial charge in [0.05, 0.1) is 13.2 Å². The number of benzene rings is 1. The summed E-state index contributed by atoms with van der Waals surface area (Å²) in [7, 11) is 0. The zero-order chi connectivity index (χ0) is 10.7. The van der Waals surface area contributed by atoms with E-state index < -0.39 is 0 Å². The molecule has 1 aliphatic heterocycles. The van der Waals surface area contributed by atoms with Crippen molar-refractivity contribution in [2.45, 2.75) is 12.8 Å². The highest BCUT2D eigenvalue weighted by atomic mass is 16.5. The minimum atomic E-state index is -0.174. The number of amides is 1. The van der Waals surface area contributed by atoms with Crippen LogP contribution in [0.25, 0.3) is 0 Å². The molecule has 0 aromatic heterocycles. The summed E-state index contributed by atoms with van der Waals surface area (Å²) in [4.78, 5) is 11.1. The highest BCUT2D eigenvalue weighted by molar-refractivity contribution is 5.92. The van der Waals surface area contributed by atoms with Crippen LogP contribution < -0.4 is 15.8 Å². The molecule has 15 heavy (non-hydrogen) atoms. The Balaban J connectivity index is 2.17. The van der Waals surface area contributed by atoms with Crippen molar-refractivity contribution in [1.82, 2.24) is 0 Å². The van der Waals surface area contributed by atoms with Gasteiger partial charge in [-0.3, -0.25) is 4.79 Å². The number of hydrogen-bond acceptors (Lipinski definition) is 3. The first kappa shape index (κ1) is 9.98. The van der Waals surface area contributed by atoms with Crippen molar-refractivity contribution in [2.75, 3.05) is 18.5 Å². The minimum Gasteiger partial charge on any atom is -0.493 e. The van der Waals surface area contributed by atoms with E-state index in [-0.39, 0.29) is 12.5 Å². The Labute approximate surface area is 88.4 Å². The summed E-state index contributed by atoms with van der Waals surface area (Å²) in [5.41, 5.74) is 7.16. The first-order valence-electron chi connectivity index (χ1n) is 5.05. The number of rotatable bonds is 2. The van der Waals surface area contributed by atoms with Crippen molar-refractivity contribution < 1.29 is 9.53 Å². The molecule has 0 saturated heterocycles. The maximum atomic E-state index is 11.1. The average Bonchev–Trinajstić information content (AvgIpc) is 2.29. The molecule has 1 aromatic rings. The van der Waals surface area contributed by atoms with Crippen LogP contribution in [-0.4, -0.2) is 19.1 Å². The third kappa shape index (κ3) is 2.27. The second-order valence-corrected chi connectivity index (χ2v) is 3.53. The van der Waals surface area contributed by atoms with E-state index in [1.807, 2.05) is 18.2 Å². The Morgan fingerprint density at radius 3 is 3.20 bits per heavy atom. The molecule has 0 fully saturated rings. The van der Waals surface area contributed by atoms with Crippen LogP contribution in [0.3, 0.4) is 0 Å². The monoisotopic (exact) mass is 206 g/mol. The van der Waals surface area contributed by atoms with Crippen molar-refractivity contribution in [3.63, 3.8) is 0 Å². The summed E-state index contributed by atoms with van der Waals surface area (Å²) in [5.74, 6) is 0.749. The largest absolute Gasteiger partial charge is 0.493 e. The predicted octanol–water partition coefficient (Wildman–Crippen LogP) is 0.909. The van der Waals surface area contributed by atoms with Gasteiger partial charge in [0.25, 0.3) is 0 Å². The number of carbonyl (C=O) groups excluding carboxylic acids is 1. The average molecular weight is 206 g/mol. The van der Waals surface area contributed by atoms with Crippen LogP contribution in [0, 0.1) is 0 Å². The normalized spacial score (nSPS) is 13.9. The third-order valence-corrected chi connectivity index (χ3v) is 2.38. The number of nitrogens with one attached hydrogen (secondary N) is 1. The van der Waals surface area contributed by atoms with Crippen molar-refractivity contribution in [3.05, 3.63) is 23.8 Å². The second kappa shape index (κ2) is 4.31. The van der Waals surface area contributed by atoms with E-state index in [9.17, 15) is 4.79 Å². The molecule has 4 nitrogen and oxygen atoms in total. The first-order chi connectivity index (χ1) is 7.29. The number of nitrogens with two attached hydrogens (primary N) is 1. The minimum absolute atomic E-state index is 0.00752. The van der Waals surface area contributed by atoms with Crippen LogP contribution in [0.4, 0.5) is 5.69 Å². The lowest BCUT2D eigenvalue weighted by Crippen LogP contribution is -2.22. The zero-order valence-corrected chi connectivity index (χ0v) is 8.45. The van der Waals surface area contributed by atoms with E-state index in [4.69, 9.17) is 10.5 Å². The van der Waals surface area contributed by atoms with E-state index >= 15 is 0 Å². The van der Waals surface area contributed by atoms with E-state index in [0.29, 0.717) is 0 Å². The number of carbonyl (C=O) groups is 1. The first-order valence-corrected chi connectivity index (χ1v) is 5.05. The SMILES string of the molecule is NCC(=O)Nc1ccc2c(c1)CCCO2. The fourth-order valence-corrected chi connectivity index (χ4v) is 1.65. The molecule has 0 atom stereocenters. The molecule has 1 aliphatic rings. The summed E-state index contributed by atoms with van der Waals surface area (Å²) < 4.78 is 5.47. The van der Waals surface area contributed by atoms with Crippen LogP contribution in [0.5, 0.6) is 5.75 Å². The fraction of sp³-hybridized carbons (Fsp3) is 0.364. The molecule has 2 rings (SSSR count). The van der Waals surface area contributed by atoms with Crippen LogP contribution >= 0.6 is 0 Å². The lowest BCUT2D eigenvalue weighted by atomic mass is 10.1. The van der Waals surface area contributed by atoms with Gasteiger partial charge >= 0.3 is 0 Å². The Bertz CT molecular complexity index is 377. The van der Waals surface area contributed by atoms with Gasteiger partial charge in [-0.25, -0.2) is 0 Å². The van der Waals surface area contributed by atoms with Gasteiger partial charge in [-0.2, -0.15) is 0 Å². The van der Waals surface area contributed by atoms with E-state index in [0.717, 1.165) is 36.4 Å². The molecule has 3 N–H and O–H groups in total. The molecule has 0 bridgehead atoms. The Morgan fingerprint density at radius 1 is 1.53 bits per heavy atom. The zero-order valence-electron chi connectivity index (χ0n) is 8.45. The number of hydrogen-bond donors (Lipinski definition) is 2. The predicted molar refractivity (Wildman–Crippen MR) is 57.9 cm³/mol. The Hall–Kier alpha value is -1.55. The van der Waals surface area contributed by atoms with Gasteiger partial charge in [-0.1, -0.05) is 0 Å². The van der Waals surface area contributed by atoms with Crippen molar-refractivity contribution >= 4 is 11.6 Å². The number of anilines is 1. The van der Waals surface area contributed by atoms with Crippen LogP contribution in [0.1, 0.15) is 12.0 Å². The van der Waals surface area contributed by atoms with Gasteiger partial charge in [0, 0.05) is 5.69 Å². The lowest BCUT2D eigenvalue weighted by Gasteiger charge is -2.17. The molecule has 80 valence electrons. The number of fused-ring (bicyclic) bond motifs is 1. The summed E-state index contributed by atoms with van der Waals surface area (Å²) >= 11 is 0. The molecule has 1 aromatic carbocycles. The molecule has 0 saturated carbocycles. The molecule has 1 amide bonds. The van der Waals surface area contributed by atoms with Gasteiger partial charge in [-0.05, 0) is 36.6 Å². The van der Waals surface area contributed by atoms with Gasteiger partial charge in [0.2, 0.25) is 5.91 Å². The van der Waals surface area contributed by atoms with Crippen LogP contribution in [-0.2, 0) is 11.2 Å². The number of aryl methyl sites for hydroxylation is 1. The summed E-state index contributed by atoms with van der Waals surface area (Å²) in [6, 6.07) is 5.67. The maximum absolute atomic E-state index is 11.1. The molecule has 1 heterocycles. The molecule has 0 aliphatic carbocycles. The molecule has 4 heteroatoms. The Kier molecular flexibility index (Phi) is 2.87. The Morgan fingerprint density at radius 2 is 2.40 bits per heavy atom. The molecule has 0 spiro atoms. The van der Waals surface area contributed by atoms with E-state index in [1.54, 1.807) is 0 Å². The maximum Gasteiger partial charge on any atom is 0.238 e.